The van der Waals surface area contributed by atoms with Crippen LogP contribution >= 0.6 is 0 Å². The van der Waals surface area contributed by atoms with Gasteiger partial charge in [-0.15, -0.1) is 0 Å². The van der Waals surface area contributed by atoms with Gasteiger partial charge in [0.2, 0.25) is 0 Å². The Labute approximate surface area is 156 Å². The summed E-state index contributed by atoms with van der Waals surface area (Å²) in [6.45, 7) is 10.8. The van der Waals surface area contributed by atoms with E-state index in [0.717, 1.165) is 36.1 Å². The van der Waals surface area contributed by atoms with Crippen molar-refractivity contribution in [1.29, 1.82) is 0 Å². The number of esters is 1. The molecule has 0 spiro atoms. The number of hydrogen-bond donors (Lipinski definition) is 0. The van der Waals surface area contributed by atoms with Gasteiger partial charge in [0.25, 0.3) is 0 Å². The number of carbonyl (C=O) groups excluding carboxylic acids is 1. The third-order valence-electron chi connectivity index (χ3n) is 5.94. The summed E-state index contributed by atoms with van der Waals surface area (Å²) < 4.78 is 8.13. The van der Waals surface area contributed by atoms with E-state index in [1.165, 1.54) is 6.42 Å². The lowest BCUT2D eigenvalue weighted by atomic mass is 9.75. The van der Waals surface area contributed by atoms with Crippen LogP contribution in [0.2, 0.25) is 0 Å². The topological polar surface area (TPSA) is 44.1 Å². The van der Waals surface area contributed by atoms with E-state index in [-0.39, 0.29) is 18.1 Å². The molecule has 1 fully saturated rings. The fourth-order valence-electron chi connectivity index (χ4n) is 4.38. The molecule has 4 atom stereocenters. The van der Waals surface area contributed by atoms with Crippen molar-refractivity contribution in [1.82, 2.24) is 9.55 Å². The van der Waals surface area contributed by atoms with Crippen LogP contribution in [0, 0.1) is 17.8 Å². The summed E-state index contributed by atoms with van der Waals surface area (Å²) in [5, 5.41) is 0. The lowest BCUT2D eigenvalue weighted by Crippen LogP contribution is -2.37. The molecule has 0 bridgehead atoms. The van der Waals surface area contributed by atoms with Crippen molar-refractivity contribution in [3.63, 3.8) is 0 Å². The van der Waals surface area contributed by atoms with Crippen molar-refractivity contribution in [3.8, 4) is 0 Å². The Bertz CT molecular complexity index is 765. The van der Waals surface area contributed by atoms with Gasteiger partial charge in [-0.2, -0.15) is 0 Å². The van der Waals surface area contributed by atoms with Gasteiger partial charge < -0.3 is 9.30 Å². The Morgan fingerprint density at radius 2 is 2.00 bits per heavy atom. The summed E-state index contributed by atoms with van der Waals surface area (Å²) in [4.78, 5) is 17.7. The third-order valence-corrected chi connectivity index (χ3v) is 5.94. The van der Waals surface area contributed by atoms with Gasteiger partial charge in [-0.25, -0.2) is 9.78 Å². The minimum atomic E-state index is -0.359. The van der Waals surface area contributed by atoms with E-state index in [1.54, 1.807) is 0 Å². The summed E-state index contributed by atoms with van der Waals surface area (Å²) in [6.07, 6.45) is 4.19. The van der Waals surface area contributed by atoms with Crippen LogP contribution in [0.3, 0.4) is 0 Å². The molecule has 1 aromatic heterocycles. The standard InChI is InChI=1S/C22H32N2O2/c1-6-21-23-18-9-7-8-10-19(18)24(21)16(5)22(25)26-20-13-15(4)11-12-17(20)14(2)3/h7-10,14-17,20H,6,11-13H2,1-5H3/t15-,16+,17+,20-/m1/s1. The molecule has 1 aliphatic rings. The van der Waals surface area contributed by atoms with Gasteiger partial charge in [0.05, 0.1) is 11.0 Å². The van der Waals surface area contributed by atoms with Gasteiger partial charge in [-0.05, 0) is 49.7 Å². The number of carbonyl (C=O) groups is 1. The van der Waals surface area contributed by atoms with E-state index >= 15 is 0 Å². The molecule has 26 heavy (non-hydrogen) atoms. The highest BCUT2D eigenvalue weighted by Crippen LogP contribution is 2.36. The Hall–Kier alpha value is -1.84. The molecule has 0 radical (unpaired) electrons. The highest BCUT2D eigenvalue weighted by Gasteiger charge is 2.35. The fourth-order valence-corrected chi connectivity index (χ4v) is 4.38. The summed E-state index contributed by atoms with van der Waals surface area (Å²) >= 11 is 0. The molecular weight excluding hydrogens is 324 g/mol. The maximum atomic E-state index is 13.0. The van der Waals surface area contributed by atoms with Crippen LogP contribution < -0.4 is 0 Å². The third kappa shape index (κ3) is 3.65. The zero-order valence-corrected chi connectivity index (χ0v) is 16.7. The number of imidazole rings is 1. The van der Waals surface area contributed by atoms with Crippen LogP contribution in [0.4, 0.5) is 0 Å². The number of aromatic nitrogens is 2. The van der Waals surface area contributed by atoms with Gasteiger partial charge in [-0.1, -0.05) is 46.2 Å². The van der Waals surface area contributed by atoms with Crippen molar-refractivity contribution in [2.24, 2.45) is 17.8 Å². The summed E-state index contributed by atoms with van der Waals surface area (Å²) in [6, 6.07) is 7.65. The number of benzene rings is 1. The van der Waals surface area contributed by atoms with Crippen molar-refractivity contribution in [2.45, 2.75) is 72.4 Å². The molecule has 4 nitrogen and oxygen atoms in total. The van der Waals surface area contributed by atoms with Gasteiger partial charge in [0.15, 0.2) is 0 Å². The van der Waals surface area contributed by atoms with Gasteiger partial charge in [-0.3, -0.25) is 0 Å². The lowest BCUT2D eigenvalue weighted by Gasteiger charge is -2.37. The highest BCUT2D eigenvalue weighted by molar-refractivity contribution is 5.81. The Kier molecular flexibility index (Phi) is 5.69. The molecule has 0 saturated heterocycles. The normalized spacial score (nSPS) is 24.8. The van der Waals surface area contributed by atoms with E-state index in [0.29, 0.717) is 17.8 Å². The molecule has 1 aromatic carbocycles. The van der Waals surface area contributed by atoms with Crippen molar-refractivity contribution in [2.75, 3.05) is 0 Å². The molecule has 0 aliphatic heterocycles. The van der Waals surface area contributed by atoms with Gasteiger partial charge in [0, 0.05) is 6.42 Å². The van der Waals surface area contributed by atoms with E-state index in [4.69, 9.17) is 9.72 Å². The predicted octanol–water partition coefficient (Wildman–Crippen LogP) is 5.16. The first-order chi connectivity index (χ1) is 12.4. The lowest BCUT2D eigenvalue weighted by molar-refractivity contribution is -0.159. The number of hydrogen-bond acceptors (Lipinski definition) is 3. The maximum absolute atomic E-state index is 13.0. The smallest absolute Gasteiger partial charge is 0.329 e. The molecule has 2 aromatic rings. The Morgan fingerprint density at radius 1 is 1.27 bits per heavy atom. The van der Waals surface area contributed by atoms with Crippen molar-refractivity contribution >= 4 is 17.0 Å². The van der Waals surface area contributed by atoms with Crippen LogP contribution in [-0.4, -0.2) is 21.6 Å². The molecular formula is C22H32N2O2. The number of nitrogens with zero attached hydrogens (tertiary/aromatic N) is 2. The van der Waals surface area contributed by atoms with Gasteiger partial charge in [0.1, 0.15) is 18.0 Å². The molecule has 3 rings (SSSR count). The first-order valence-electron chi connectivity index (χ1n) is 10.1. The van der Waals surface area contributed by atoms with Crippen molar-refractivity contribution in [3.05, 3.63) is 30.1 Å². The summed E-state index contributed by atoms with van der Waals surface area (Å²) in [7, 11) is 0. The van der Waals surface area contributed by atoms with Crippen LogP contribution in [-0.2, 0) is 16.0 Å². The van der Waals surface area contributed by atoms with Gasteiger partial charge >= 0.3 is 5.97 Å². The number of aryl methyl sites for hydroxylation is 1. The van der Waals surface area contributed by atoms with Crippen LogP contribution in [0.25, 0.3) is 11.0 Å². The quantitative estimate of drug-likeness (QED) is 0.695. The second kappa shape index (κ2) is 7.81. The molecule has 0 unspecified atom stereocenters. The fraction of sp³-hybridized carbons (Fsp3) is 0.636. The molecule has 0 amide bonds. The average molecular weight is 357 g/mol. The largest absolute Gasteiger partial charge is 0.461 e. The summed E-state index contributed by atoms with van der Waals surface area (Å²) in [5.74, 6) is 2.43. The molecule has 0 N–H and O–H groups in total. The van der Waals surface area contributed by atoms with Crippen LogP contribution in [0.5, 0.6) is 0 Å². The number of fused-ring (bicyclic) bond motifs is 1. The molecule has 142 valence electrons. The number of ether oxygens (including phenoxy) is 1. The second-order valence-electron chi connectivity index (χ2n) is 8.22. The Balaban J connectivity index is 1.83. The molecule has 1 saturated carbocycles. The van der Waals surface area contributed by atoms with E-state index < -0.39 is 0 Å². The van der Waals surface area contributed by atoms with Crippen LogP contribution in [0.1, 0.15) is 65.7 Å². The predicted molar refractivity (Wildman–Crippen MR) is 105 cm³/mol. The van der Waals surface area contributed by atoms with Crippen molar-refractivity contribution < 1.29 is 9.53 Å². The zero-order chi connectivity index (χ0) is 18.8. The minimum Gasteiger partial charge on any atom is -0.461 e. The minimum absolute atomic E-state index is 0.0357. The SMILES string of the molecule is CCc1nc2ccccc2n1[C@@H](C)C(=O)O[C@@H]1C[C@H](C)CC[C@H]1C(C)C. The first-order valence-corrected chi connectivity index (χ1v) is 10.1. The van der Waals surface area contributed by atoms with E-state index in [1.807, 2.05) is 35.8 Å². The second-order valence-corrected chi connectivity index (χ2v) is 8.22. The number of para-hydroxylation sites is 2. The molecule has 1 aliphatic carbocycles. The Morgan fingerprint density at radius 3 is 2.69 bits per heavy atom. The monoisotopic (exact) mass is 356 g/mol. The number of rotatable bonds is 5. The molecule has 1 heterocycles. The van der Waals surface area contributed by atoms with E-state index in [9.17, 15) is 4.79 Å². The van der Waals surface area contributed by atoms with E-state index in [2.05, 4.69) is 27.7 Å². The molecule has 4 heteroatoms. The van der Waals surface area contributed by atoms with Crippen LogP contribution in [0.15, 0.2) is 24.3 Å². The first kappa shape index (κ1) is 18.9. The average Bonchev–Trinajstić information content (AvgIpc) is 2.99. The maximum Gasteiger partial charge on any atom is 0.329 e. The summed E-state index contributed by atoms with van der Waals surface area (Å²) in [5.41, 5.74) is 1.95. The highest BCUT2D eigenvalue weighted by atomic mass is 16.5. The zero-order valence-electron chi connectivity index (χ0n) is 16.7.